The van der Waals surface area contributed by atoms with Crippen LogP contribution in [-0.4, -0.2) is 50.4 Å². The Morgan fingerprint density at radius 2 is 1.94 bits per heavy atom. The molecular formula is C24H26ClFN6O2. The number of halogens is 2. The first kappa shape index (κ1) is 22.6. The number of nitrogens with zero attached hydrogens (tertiary/aromatic N) is 6. The minimum atomic E-state index is -0.390. The highest BCUT2D eigenvalue weighted by atomic mass is 35.5. The van der Waals surface area contributed by atoms with E-state index in [0.29, 0.717) is 24.0 Å². The van der Waals surface area contributed by atoms with Gasteiger partial charge in [0.1, 0.15) is 17.5 Å². The average Bonchev–Trinajstić information content (AvgIpc) is 3.23. The number of amides is 1. The summed E-state index contributed by atoms with van der Waals surface area (Å²) in [5, 5.41) is 9.74. The van der Waals surface area contributed by atoms with Crippen LogP contribution in [0, 0.1) is 5.82 Å². The standard InChI is InChI=1S/C24H26ClFN6O2/c1-3-34-24(33)31-14-17-12-18(25)4-6-20(17)32-22(15(31)2)28-29-23(32)16-8-10-30(11-9-16)21-7-5-19(26)13-27-21/h4-7,12-13,15-16H,3,8-11,14H2,1-2H3. The molecule has 34 heavy (non-hydrogen) atoms. The van der Waals surface area contributed by atoms with Gasteiger partial charge in [-0.2, -0.15) is 0 Å². The molecule has 1 unspecified atom stereocenters. The van der Waals surface area contributed by atoms with Crippen LogP contribution in [0.3, 0.4) is 0 Å². The second-order valence-corrected chi connectivity index (χ2v) is 9.06. The molecule has 3 aromatic rings. The van der Waals surface area contributed by atoms with Gasteiger partial charge in [-0.25, -0.2) is 14.2 Å². The Kier molecular flexibility index (Phi) is 6.12. The monoisotopic (exact) mass is 484 g/mol. The molecule has 0 radical (unpaired) electrons. The molecule has 1 saturated heterocycles. The highest BCUT2D eigenvalue weighted by Gasteiger charge is 2.35. The van der Waals surface area contributed by atoms with Crippen LogP contribution in [0.1, 0.15) is 55.9 Å². The largest absolute Gasteiger partial charge is 0.450 e. The van der Waals surface area contributed by atoms with Gasteiger partial charge >= 0.3 is 6.09 Å². The van der Waals surface area contributed by atoms with Crippen molar-refractivity contribution in [2.24, 2.45) is 0 Å². The van der Waals surface area contributed by atoms with Gasteiger partial charge in [-0.05, 0) is 62.6 Å². The molecule has 0 spiro atoms. The lowest BCUT2D eigenvalue weighted by Crippen LogP contribution is -2.34. The SMILES string of the molecule is CCOC(=O)N1Cc2cc(Cl)ccc2-n2c(C3CCN(c4ccc(F)cn4)CC3)nnc2C1C. The fourth-order valence-corrected chi connectivity index (χ4v) is 5.00. The van der Waals surface area contributed by atoms with Crippen molar-refractivity contribution in [2.45, 2.75) is 45.2 Å². The molecule has 0 aliphatic carbocycles. The molecule has 0 bridgehead atoms. The van der Waals surface area contributed by atoms with E-state index in [1.807, 2.05) is 25.1 Å². The van der Waals surface area contributed by atoms with Crippen molar-refractivity contribution in [3.63, 3.8) is 0 Å². The van der Waals surface area contributed by atoms with Crippen LogP contribution in [0.2, 0.25) is 5.02 Å². The predicted octanol–water partition coefficient (Wildman–Crippen LogP) is 4.87. The average molecular weight is 485 g/mol. The number of hydrogen-bond donors (Lipinski definition) is 0. The Balaban J connectivity index is 1.47. The fraction of sp³-hybridized carbons (Fsp3) is 0.417. The molecule has 4 heterocycles. The Morgan fingerprint density at radius 1 is 1.18 bits per heavy atom. The summed E-state index contributed by atoms with van der Waals surface area (Å²) in [5.41, 5.74) is 1.85. The number of piperidine rings is 1. The number of carbonyl (C=O) groups excluding carboxylic acids is 1. The Labute approximate surface area is 202 Å². The first-order chi connectivity index (χ1) is 16.5. The molecule has 5 rings (SSSR count). The van der Waals surface area contributed by atoms with E-state index in [1.165, 1.54) is 12.3 Å². The molecule has 1 amide bonds. The number of benzene rings is 1. The van der Waals surface area contributed by atoms with Gasteiger partial charge < -0.3 is 9.64 Å². The number of ether oxygens (including phenoxy) is 1. The number of rotatable bonds is 3. The molecule has 2 aliphatic rings. The zero-order valence-electron chi connectivity index (χ0n) is 19.1. The third-order valence-corrected chi connectivity index (χ3v) is 6.81. The molecule has 10 heteroatoms. The zero-order chi connectivity index (χ0) is 23.8. The summed E-state index contributed by atoms with van der Waals surface area (Å²) >= 11 is 6.32. The van der Waals surface area contributed by atoms with Crippen LogP contribution < -0.4 is 4.90 Å². The highest BCUT2D eigenvalue weighted by molar-refractivity contribution is 6.30. The van der Waals surface area contributed by atoms with Crippen LogP contribution in [0.15, 0.2) is 36.5 Å². The quantitative estimate of drug-likeness (QED) is 0.527. The Bertz CT molecular complexity index is 1190. The van der Waals surface area contributed by atoms with Crippen LogP contribution in [0.25, 0.3) is 5.69 Å². The molecule has 1 fully saturated rings. The molecule has 2 aliphatic heterocycles. The smallest absolute Gasteiger partial charge is 0.410 e. The van der Waals surface area contributed by atoms with E-state index in [0.717, 1.165) is 48.8 Å². The van der Waals surface area contributed by atoms with Crippen molar-refractivity contribution in [1.82, 2.24) is 24.6 Å². The lowest BCUT2D eigenvalue weighted by Gasteiger charge is -2.32. The summed E-state index contributed by atoms with van der Waals surface area (Å²) in [6.45, 7) is 5.96. The van der Waals surface area contributed by atoms with Gasteiger partial charge in [0.05, 0.1) is 31.1 Å². The third-order valence-electron chi connectivity index (χ3n) is 6.58. The topological polar surface area (TPSA) is 76.4 Å². The van der Waals surface area contributed by atoms with Crippen molar-refractivity contribution >= 4 is 23.5 Å². The Hall–Kier alpha value is -3.20. The van der Waals surface area contributed by atoms with Crippen LogP contribution >= 0.6 is 11.6 Å². The lowest BCUT2D eigenvalue weighted by molar-refractivity contribution is 0.0888. The van der Waals surface area contributed by atoms with Crippen LogP contribution in [-0.2, 0) is 11.3 Å². The zero-order valence-corrected chi connectivity index (χ0v) is 19.9. The van der Waals surface area contributed by atoms with E-state index < -0.39 is 0 Å². The summed E-state index contributed by atoms with van der Waals surface area (Å²) in [7, 11) is 0. The number of hydrogen-bond acceptors (Lipinski definition) is 6. The third kappa shape index (κ3) is 4.09. The van der Waals surface area contributed by atoms with Gasteiger partial charge in [0, 0.05) is 24.0 Å². The van der Waals surface area contributed by atoms with Crippen molar-refractivity contribution < 1.29 is 13.9 Å². The molecule has 0 N–H and O–H groups in total. The van der Waals surface area contributed by atoms with Crippen LogP contribution in [0.4, 0.5) is 15.0 Å². The maximum Gasteiger partial charge on any atom is 0.410 e. The van der Waals surface area contributed by atoms with Gasteiger partial charge in [0.15, 0.2) is 5.82 Å². The molecule has 2 aromatic heterocycles. The maximum atomic E-state index is 13.3. The molecule has 1 aromatic carbocycles. The summed E-state index contributed by atoms with van der Waals surface area (Å²) in [6, 6.07) is 8.53. The summed E-state index contributed by atoms with van der Waals surface area (Å²) in [5.74, 6) is 2.20. The van der Waals surface area contributed by atoms with Gasteiger partial charge in [-0.15, -0.1) is 10.2 Å². The molecule has 8 nitrogen and oxygen atoms in total. The number of pyridine rings is 1. The van der Waals surface area contributed by atoms with E-state index >= 15 is 0 Å². The van der Waals surface area contributed by atoms with Gasteiger partial charge in [-0.3, -0.25) is 9.47 Å². The molecule has 178 valence electrons. The minimum absolute atomic E-state index is 0.183. The fourth-order valence-electron chi connectivity index (χ4n) is 4.80. The predicted molar refractivity (Wildman–Crippen MR) is 126 cm³/mol. The van der Waals surface area contributed by atoms with Crippen molar-refractivity contribution in [1.29, 1.82) is 0 Å². The van der Waals surface area contributed by atoms with Crippen LogP contribution in [0.5, 0.6) is 0 Å². The van der Waals surface area contributed by atoms with E-state index in [2.05, 4.69) is 24.6 Å². The number of anilines is 1. The molecule has 0 saturated carbocycles. The van der Waals surface area contributed by atoms with E-state index in [-0.39, 0.29) is 23.9 Å². The number of aromatic nitrogens is 4. The second-order valence-electron chi connectivity index (χ2n) is 8.62. The van der Waals surface area contributed by atoms with Gasteiger partial charge in [0.25, 0.3) is 0 Å². The summed E-state index contributed by atoms with van der Waals surface area (Å²) in [6.07, 6.45) is 2.57. The van der Waals surface area contributed by atoms with Crippen molar-refractivity contribution in [2.75, 3.05) is 24.6 Å². The minimum Gasteiger partial charge on any atom is -0.450 e. The molecular weight excluding hydrogens is 459 g/mol. The highest BCUT2D eigenvalue weighted by Crippen LogP contribution is 2.37. The van der Waals surface area contributed by atoms with Crippen molar-refractivity contribution in [3.05, 3.63) is 64.6 Å². The lowest BCUT2D eigenvalue weighted by atomic mass is 9.95. The van der Waals surface area contributed by atoms with Gasteiger partial charge in [0.2, 0.25) is 0 Å². The Morgan fingerprint density at radius 3 is 2.65 bits per heavy atom. The van der Waals surface area contributed by atoms with E-state index in [9.17, 15) is 9.18 Å². The summed E-state index contributed by atoms with van der Waals surface area (Å²) in [4.78, 5) is 20.8. The van der Waals surface area contributed by atoms with E-state index in [4.69, 9.17) is 16.3 Å². The van der Waals surface area contributed by atoms with E-state index in [1.54, 1.807) is 17.9 Å². The number of carbonyl (C=O) groups is 1. The number of fused-ring (bicyclic) bond motifs is 3. The maximum absolute atomic E-state index is 13.3. The normalized spacial score (nSPS) is 18.3. The second kappa shape index (κ2) is 9.21. The summed E-state index contributed by atoms with van der Waals surface area (Å²) < 4.78 is 20.7. The first-order valence-electron chi connectivity index (χ1n) is 11.5. The van der Waals surface area contributed by atoms with Crippen molar-refractivity contribution in [3.8, 4) is 5.69 Å². The van der Waals surface area contributed by atoms with Gasteiger partial charge in [-0.1, -0.05) is 11.6 Å². The first-order valence-corrected chi connectivity index (χ1v) is 11.9. The molecule has 1 atom stereocenters.